The molecule has 180 valence electrons. The first-order valence-electron chi connectivity index (χ1n) is 10.7. The van der Waals surface area contributed by atoms with Gasteiger partial charge in [0.2, 0.25) is 0 Å². The van der Waals surface area contributed by atoms with E-state index in [0.717, 1.165) is 0 Å². The summed E-state index contributed by atoms with van der Waals surface area (Å²) in [7, 11) is 0. The van der Waals surface area contributed by atoms with Gasteiger partial charge in [-0.1, -0.05) is 24.3 Å². The highest BCUT2D eigenvalue weighted by Crippen LogP contribution is 2.46. The van der Waals surface area contributed by atoms with Gasteiger partial charge in [0.25, 0.3) is 0 Å². The fourth-order valence-corrected chi connectivity index (χ4v) is 3.52. The van der Waals surface area contributed by atoms with Crippen molar-refractivity contribution in [3.63, 3.8) is 0 Å². The first-order chi connectivity index (χ1) is 16.7. The zero-order valence-corrected chi connectivity index (χ0v) is 18.4. The molecular weight excluding hydrogens is 460 g/mol. The maximum Gasteiger partial charge on any atom is 0.398 e. The van der Waals surface area contributed by atoms with Crippen molar-refractivity contribution in [3.8, 4) is 23.0 Å². The van der Waals surface area contributed by atoms with Crippen LogP contribution in [0.25, 0.3) is 0 Å². The molecule has 0 aliphatic heterocycles. The number of nitrogen functional groups attached to an aromatic ring is 2. The van der Waals surface area contributed by atoms with Crippen LogP contribution in [0.3, 0.4) is 0 Å². The van der Waals surface area contributed by atoms with Crippen LogP contribution in [0.15, 0.2) is 97.1 Å². The molecule has 0 heterocycles. The number of hydrogen-bond donors (Lipinski definition) is 2. The van der Waals surface area contributed by atoms with Crippen LogP contribution in [0.4, 0.5) is 28.9 Å². The first-order valence-corrected chi connectivity index (χ1v) is 10.7. The van der Waals surface area contributed by atoms with E-state index in [1.165, 1.54) is 48.5 Å². The molecule has 0 radical (unpaired) electrons. The molecule has 4 aromatic carbocycles. The van der Waals surface area contributed by atoms with Crippen LogP contribution in [0.1, 0.15) is 23.2 Å². The van der Waals surface area contributed by atoms with Crippen LogP contribution < -0.4 is 20.9 Å². The van der Waals surface area contributed by atoms with Crippen molar-refractivity contribution >= 4 is 11.4 Å². The molecule has 4 aromatic rings. The second-order valence-corrected chi connectivity index (χ2v) is 7.90. The average Bonchev–Trinajstić information content (AvgIpc) is 2.83. The Balaban J connectivity index is 1.50. The summed E-state index contributed by atoms with van der Waals surface area (Å²) in [6, 6.07) is 23.8. The Morgan fingerprint density at radius 3 is 1.17 bits per heavy atom. The van der Waals surface area contributed by atoms with E-state index >= 15 is 4.39 Å². The Hall–Kier alpha value is -4.20. The van der Waals surface area contributed by atoms with Gasteiger partial charge in [-0.2, -0.15) is 13.2 Å². The third-order valence-corrected chi connectivity index (χ3v) is 5.31. The summed E-state index contributed by atoms with van der Waals surface area (Å²) in [6.07, 6.45) is -7.12. The molecule has 2 unspecified atom stereocenters. The summed E-state index contributed by atoms with van der Waals surface area (Å²) in [5.74, 6) is -0.698. The molecule has 0 aliphatic rings. The van der Waals surface area contributed by atoms with E-state index in [1.54, 1.807) is 48.5 Å². The summed E-state index contributed by atoms with van der Waals surface area (Å²) < 4.78 is 68.2. The summed E-state index contributed by atoms with van der Waals surface area (Å²) in [6.45, 7) is 0. The van der Waals surface area contributed by atoms with E-state index in [4.69, 9.17) is 20.9 Å². The van der Waals surface area contributed by atoms with Gasteiger partial charge in [0, 0.05) is 11.4 Å². The predicted octanol–water partition coefficient (Wildman–Crippen LogP) is 7.79. The second kappa shape index (κ2) is 9.97. The molecule has 35 heavy (non-hydrogen) atoms. The van der Waals surface area contributed by atoms with Gasteiger partial charge in [-0.3, -0.25) is 0 Å². The lowest BCUT2D eigenvalue weighted by atomic mass is 9.89. The minimum Gasteiger partial charge on any atom is -0.457 e. The van der Waals surface area contributed by atoms with Crippen molar-refractivity contribution in [1.29, 1.82) is 0 Å². The zero-order chi connectivity index (χ0) is 25.0. The van der Waals surface area contributed by atoms with Crippen molar-refractivity contribution in [3.05, 3.63) is 108 Å². The summed E-state index contributed by atoms with van der Waals surface area (Å²) in [4.78, 5) is 0. The largest absolute Gasteiger partial charge is 0.457 e. The second-order valence-electron chi connectivity index (χ2n) is 7.90. The van der Waals surface area contributed by atoms with E-state index in [9.17, 15) is 13.2 Å². The number of nitrogens with two attached hydrogens (primary N) is 2. The van der Waals surface area contributed by atoms with Crippen LogP contribution in [0.5, 0.6) is 23.0 Å². The molecular formula is C27H22F4N2O2. The van der Waals surface area contributed by atoms with E-state index in [1.807, 2.05) is 0 Å². The number of benzene rings is 4. The van der Waals surface area contributed by atoms with Gasteiger partial charge in [-0.15, -0.1) is 0 Å². The van der Waals surface area contributed by atoms with Crippen LogP contribution in [-0.2, 0) is 0 Å². The van der Waals surface area contributed by atoms with Crippen molar-refractivity contribution in [2.24, 2.45) is 0 Å². The number of rotatable bonds is 7. The molecule has 0 bridgehead atoms. The molecule has 8 heteroatoms. The Labute approximate surface area is 199 Å². The van der Waals surface area contributed by atoms with E-state index in [-0.39, 0.29) is 11.1 Å². The highest BCUT2D eigenvalue weighted by atomic mass is 19.4. The lowest BCUT2D eigenvalue weighted by molar-refractivity contribution is -0.165. The quantitative estimate of drug-likeness (QED) is 0.208. The summed E-state index contributed by atoms with van der Waals surface area (Å²) in [5.41, 5.74) is 12.1. The third kappa shape index (κ3) is 6.03. The van der Waals surface area contributed by atoms with Gasteiger partial charge < -0.3 is 20.9 Å². The molecule has 4 rings (SSSR count). The van der Waals surface area contributed by atoms with Gasteiger partial charge in [0.1, 0.15) is 35.1 Å². The van der Waals surface area contributed by atoms with Gasteiger partial charge in [-0.05, 0) is 83.9 Å². The number of anilines is 2. The molecule has 2 atom stereocenters. The summed E-state index contributed by atoms with van der Waals surface area (Å²) in [5, 5.41) is 0. The molecule has 0 amide bonds. The maximum absolute atomic E-state index is 15.3. The van der Waals surface area contributed by atoms with Crippen molar-refractivity contribution in [1.82, 2.24) is 0 Å². The van der Waals surface area contributed by atoms with Gasteiger partial charge >= 0.3 is 6.18 Å². The molecule has 0 fully saturated rings. The van der Waals surface area contributed by atoms with Crippen LogP contribution in [-0.4, -0.2) is 6.18 Å². The first kappa shape index (κ1) is 23.9. The van der Waals surface area contributed by atoms with E-state index < -0.39 is 18.3 Å². The van der Waals surface area contributed by atoms with Crippen LogP contribution >= 0.6 is 0 Å². The minimum atomic E-state index is -4.81. The van der Waals surface area contributed by atoms with Crippen LogP contribution in [0.2, 0.25) is 0 Å². The maximum atomic E-state index is 15.3. The zero-order valence-electron chi connectivity index (χ0n) is 18.4. The number of ether oxygens (including phenoxy) is 2. The Morgan fingerprint density at radius 1 is 0.514 bits per heavy atom. The number of halogens is 4. The van der Waals surface area contributed by atoms with E-state index in [2.05, 4.69) is 0 Å². The Bertz CT molecular complexity index is 1240. The standard InChI is InChI=1S/C27H22F4N2O2/c28-26(18-3-11-22(12-4-18)35-24-15-7-20(33)8-16-24)25(27(29,30)31)17-1-9-21(10-2-17)34-23-13-5-19(32)6-14-23/h1-16,25-26H,32-33H2. The van der Waals surface area contributed by atoms with E-state index in [0.29, 0.717) is 34.4 Å². The third-order valence-electron chi connectivity index (χ3n) is 5.31. The number of hydrogen-bond acceptors (Lipinski definition) is 4. The SMILES string of the molecule is Nc1ccc(Oc2ccc(C(F)C(c3ccc(Oc4ccc(N)cc4)cc3)C(F)(F)F)cc2)cc1. The highest BCUT2D eigenvalue weighted by molar-refractivity contribution is 5.45. The normalized spacial score (nSPS) is 13.1. The Morgan fingerprint density at radius 2 is 0.829 bits per heavy atom. The fraction of sp³-hybridized carbons (Fsp3) is 0.111. The molecule has 4 nitrogen and oxygen atoms in total. The molecule has 0 saturated carbocycles. The smallest absolute Gasteiger partial charge is 0.398 e. The highest BCUT2D eigenvalue weighted by Gasteiger charge is 2.46. The van der Waals surface area contributed by atoms with Crippen molar-refractivity contribution in [2.75, 3.05) is 11.5 Å². The van der Waals surface area contributed by atoms with Crippen molar-refractivity contribution < 1.29 is 27.0 Å². The summed E-state index contributed by atoms with van der Waals surface area (Å²) >= 11 is 0. The molecule has 0 saturated heterocycles. The number of alkyl halides is 4. The van der Waals surface area contributed by atoms with Crippen molar-refractivity contribution in [2.45, 2.75) is 18.3 Å². The monoisotopic (exact) mass is 482 g/mol. The Kier molecular flexibility index (Phi) is 6.82. The molecule has 4 N–H and O–H groups in total. The average molecular weight is 482 g/mol. The predicted molar refractivity (Wildman–Crippen MR) is 127 cm³/mol. The van der Waals surface area contributed by atoms with Crippen LogP contribution in [0, 0.1) is 0 Å². The van der Waals surface area contributed by atoms with Gasteiger partial charge in [-0.25, -0.2) is 4.39 Å². The van der Waals surface area contributed by atoms with Gasteiger partial charge in [0.15, 0.2) is 0 Å². The molecule has 0 spiro atoms. The lowest BCUT2D eigenvalue weighted by Gasteiger charge is -2.25. The molecule has 0 aromatic heterocycles. The minimum absolute atomic E-state index is 0.112. The van der Waals surface area contributed by atoms with Gasteiger partial charge in [0.05, 0.1) is 0 Å². The molecule has 0 aliphatic carbocycles. The lowest BCUT2D eigenvalue weighted by Crippen LogP contribution is -2.25. The fourth-order valence-electron chi connectivity index (χ4n) is 3.52. The topological polar surface area (TPSA) is 70.5 Å².